The minimum absolute atomic E-state index is 0.138. The number of nitrogens with zero attached hydrogens (tertiary/aromatic N) is 6. The summed E-state index contributed by atoms with van der Waals surface area (Å²) in [6, 6.07) is 13.1. The molecule has 0 aliphatic heterocycles. The number of aromatic amines is 1. The van der Waals surface area contributed by atoms with Crippen LogP contribution < -0.4 is 0 Å². The third kappa shape index (κ3) is 2.72. The number of fused-ring (bicyclic) bond motifs is 2. The highest BCUT2D eigenvalue weighted by Gasteiger charge is 2.15. The molecule has 0 amide bonds. The van der Waals surface area contributed by atoms with Crippen molar-refractivity contribution in [3.05, 3.63) is 60.6 Å². The molecule has 0 aliphatic carbocycles. The average Bonchev–Trinajstić information content (AvgIpc) is 3.35. The Labute approximate surface area is 161 Å². The minimum Gasteiger partial charge on any atom is -0.239 e. The van der Waals surface area contributed by atoms with Gasteiger partial charge in [0, 0.05) is 18.0 Å². The molecule has 1 N–H and O–H groups in total. The Morgan fingerprint density at radius 3 is 2.54 bits per heavy atom. The maximum atomic E-state index is 4.58. The zero-order valence-electron chi connectivity index (χ0n) is 15.9. The first-order chi connectivity index (χ1) is 13.5. The van der Waals surface area contributed by atoms with Crippen molar-refractivity contribution in [3.8, 4) is 22.5 Å². The number of tetrazole rings is 1. The summed E-state index contributed by atoms with van der Waals surface area (Å²) >= 11 is 0. The number of H-pyrrole nitrogens is 1. The molecule has 3 aromatic heterocycles. The smallest absolute Gasteiger partial charge is 0.184 e. The summed E-state index contributed by atoms with van der Waals surface area (Å²) in [6.45, 7) is 6.70. The lowest BCUT2D eigenvalue weighted by atomic mass is 9.85. The van der Waals surface area contributed by atoms with Crippen LogP contribution in [0.1, 0.15) is 26.3 Å². The zero-order valence-corrected chi connectivity index (χ0v) is 15.9. The van der Waals surface area contributed by atoms with Crippen LogP contribution in [-0.4, -0.2) is 35.2 Å². The van der Waals surface area contributed by atoms with E-state index in [1.54, 1.807) is 10.7 Å². The van der Waals surface area contributed by atoms with Gasteiger partial charge in [-0.15, -0.1) is 5.10 Å². The highest BCUT2D eigenvalue weighted by molar-refractivity contribution is 5.88. The van der Waals surface area contributed by atoms with E-state index in [0.717, 1.165) is 16.7 Å². The Hall–Kier alpha value is -3.61. The Kier molecular flexibility index (Phi) is 3.52. The number of hydrogen-bond donors (Lipinski definition) is 1. The summed E-state index contributed by atoms with van der Waals surface area (Å²) in [5, 5.41) is 20.8. The number of hydrogen-bond acceptors (Lipinski definition) is 5. The van der Waals surface area contributed by atoms with Crippen LogP contribution in [0, 0.1) is 0 Å². The standard InChI is InChI=1S/C21H19N7/c1-21(2,3)17-7-6-13-8-14(4-5-15(13)9-17)16-10-22-20-18(11-23-28(20)12-16)19-24-26-27-25-19/h4-12H,1-3H3,(H,24,25,26,27). The van der Waals surface area contributed by atoms with Gasteiger partial charge in [-0.3, -0.25) is 0 Å². The number of aromatic nitrogens is 7. The molecule has 0 bridgehead atoms. The van der Waals surface area contributed by atoms with Crippen molar-refractivity contribution in [2.75, 3.05) is 0 Å². The van der Waals surface area contributed by atoms with Crippen LogP contribution in [0.3, 0.4) is 0 Å². The third-order valence-corrected chi connectivity index (χ3v) is 5.00. The lowest BCUT2D eigenvalue weighted by Gasteiger charge is -2.19. The fourth-order valence-electron chi connectivity index (χ4n) is 3.36. The Morgan fingerprint density at radius 2 is 1.75 bits per heavy atom. The summed E-state index contributed by atoms with van der Waals surface area (Å²) in [5.41, 5.74) is 5.05. The van der Waals surface area contributed by atoms with Gasteiger partial charge in [0.2, 0.25) is 0 Å². The van der Waals surface area contributed by atoms with Gasteiger partial charge >= 0.3 is 0 Å². The molecule has 138 valence electrons. The summed E-state index contributed by atoms with van der Waals surface area (Å²) in [4.78, 5) is 4.58. The molecule has 7 heteroatoms. The molecule has 0 spiro atoms. The third-order valence-electron chi connectivity index (χ3n) is 5.00. The van der Waals surface area contributed by atoms with Gasteiger partial charge in [0.15, 0.2) is 11.5 Å². The second kappa shape index (κ2) is 5.95. The summed E-state index contributed by atoms with van der Waals surface area (Å²) in [7, 11) is 0. The molecule has 2 aromatic carbocycles. The van der Waals surface area contributed by atoms with Crippen LogP contribution in [0.25, 0.3) is 38.9 Å². The molecule has 7 nitrogen and oxygen atoms in total. The van der Waals surface area contributed by atoms with Crippen molar-refractivity contribution in [2.45, 2.75) is 26.2 Å². The average molecular weight is 369 g/mol. The van der Waals surface area contributed by atoms with Crippen LogP contribution >= 0.6 is 0 Å². The molecule has 0 saturated heterocycles. The lowest BCUT2D eigenvalue weighted by molar-refractivity contribution is 0.591. The summed E-state index contributed by atoms with van der Waals surface area (Å²) in [6.07, 6.45) is 5.54. The van der Waals surface area contributed by atoms with E-state index in [0.29, 0.717) is 11.5 Å². The van der Waals surface area contributed by atoms with Crippen molar-refractivity contribution >= 4 is 16.4 Å². The van der Waals surface area contributed by atoms with Gasteiger partial charge in [-0.25, -0.2) is 14.6 Å². The van der Waals surface area contributed by atoms with Crippen molar-refractivity contribution in [1.29, 1.82) is 0 Å². The predicted molar refractivity (Wildman–Crippen MR) is 108 cm³/mol. The minimum atomic E-state index is 0.138. The van der Waals surface area contributed by atoms with Gasteiger partial charge in [0.05, 0.1) is 11.8 Å². The normalized spacial score (nSPS) is 12.1. The molecule has 0 fully saturated rings. The number of rotatable bonds is 2. The summed E-state index contributed by atoms with van der Waals surface area (Å²) in [5.74, 6) is 0.551. The quantitative estimate of drug-likeness (QED) is 0.508. The van der Waals surface area contributed by atoms with Crippen molar-refractivity contribution in [3.63, 3.8) is 0 Å². The molecule has 28 heavy (non-hydrogen) atoms. The van der Waals surface area contributed by atoms with Crippen LogP contribution in [0.15, 0.2) is 55.0 Å². The molecular formula is C21H19N7. The summed E-state index contributed by atoms with van der Waals surface area (Å²) < 4.78 is 1.75. The number of benzene rings is 2. The topological polar surface area (TPSA) is 84.6 Å². The monoisotopic (exact) mass is 369 g/mol. The molecule has 3 heterocycles. The van der Waals surface area contributed by atoms with Crippen LogP contribution in [0.5, 0.6) is 0 Å². The fraction of sp³-hybridized carbons (Fsp3) is 0.190. The predicted octanol–water partition coefficient (Wildman–Crippen LogP) is 4.03. The molecule has 0 atom stereocenters. The first-order valence-corrected chi connectivity index (χ1v) is 9.11. The molecule has 0 aliphatic rings. The second-order valence-electron chi connectivity index (χ2n) is 7.95. The molecular weight excluding hydrogens is 350 g/mol. The van der Waals surface area contributed by atoms with E-state index < -0.39 is 0 Å². The van der Waals surface area contributed by atoms with Crippen LogP contribution in [0.2, 0.25) is 0 Å². The van der Waals surface area contributed by atoms with Crippen molar-refractivity contribution < 1.29 is 0 Å². The van der Waals surface area contributed by atoms with Gasteiger partial charge < -0.3 is 0 Å². The van der Waals surface area contributed by atoms with E-state index in [9.17, 15) is 0 Å². The molecule has 0 radical (unpaired) electrons. The second-order valence-corrected chi connectivity index (χ2v) is 7.95. The first kappa shape index (κ1) is 16.6. The van der Waals surface area contributed by atoms with Gasteiger partial charge in [0.1, 0.15) is 0 Å². The van der Waals surface area contributed by atoms with Crippen LogP contribution in [-0.2, 0) is 5.41 Å². The van der Waals surface area contributed by atoms with E-state index in [1.807, 2.05) is 12.4 Å². The Bertz CT molecular complexity index is 1290. The van der Waals surface area contributed by atoms with E-state index in [4.69, 9.17) is 0 Å². The van der Waals surface area contributed by atoms with Gasteiger partial charge in [0.25, 0.3) is 0 Å². The van der Waals surface area contributed by atoms with E-state index in [2.05, 4.69) is 87.9 Å². The fourth-order valence-corrected chi connectivity index (χ4v) is 3.36. The van der Waals surface area contributed by atoms with Crippen LogP contribution in [0.4, 0.5) is 0 Å². The van der Waals surface area contributed by atoms with Gasteiger partial charge in [-0.1, -0.05) is 51.1 Å². The first-order valence-electron chi connectivity index (χ1n) is 9.11. The molecule has 0 unspecified atom stereocenters. The van der Waals surface area contributed by atoms with E-state index >= 15 is 0 Å². The number of nitrogens with one attached hydrogen (secondary N) is 1. The maximum Gasteiger partial charge on any atom is 0.184 e. The SMILES string of the molecule is CC(C)(C)c1ccc2cc(-c3cnc4c(-c5nnn[nH]5)cnn4c3)ccc2c1. The van der Waals surface area contributed by atoms with E-state index in [-0.39, 0.29) is 5.41 Å². The van der Waals surface area contributed by atoms with Gasteiger partial charge in [-0.2, -0.15) is 5.10 Å². The van der Waals surface area contributed by atoms with E-state index in [1.165, 1.54) is 16.3 Å². The highest BCUT2D eigenvalue weighted by atomic mass is 15.5. The molecule has 5 rings (SSSR count). The van der Waals surface area contributed by atoms with Gasteiger partial charge in [-0.05, 0) is 43.8 Å². The highest BCUT2D eigenvalue weighted by Crippen LogP contribution is 2.29. The maximum absolute atomic E-state index is 4.58. The Balaban J connectivity index is 1.57. The Morgan fingerprint density at radius 1 is 0.929 bits per heavy atom. The molecule has 0 saturated carbocycles. The van der Waals surface area contributed by atoms with Crippen molar-refractivity contribution in [2.24, 2.45) is 0 Å². The zero-order chi connectivity index (χ0) is 19.3. The largest absolute Gasteiger partial charge is 0.239 e. The molecule has 5 aromatic rings. The van der Waals surface area contributed by atoms with Crippen molar-refractivity contribution in [1.82, 2.24) is 35.2 Å². The lowest BCUT2D eigenvalue weighted by Crippen LogP contribution is -2.10.